The van der Waals surface area contributed by atoms with Crippen molar-refractivity contribution in [3.05, 3.63) is 24.3 Å². The van der Waals surface area contributed by atoms with Gasteiger partial charge in [-0.25, -0.2) is 9.59 Å². The molecule has 0 spiro atoms. The number of ether oxygens (including phenoxy) is 1. The molecule has 3 amide bonds. The van der Waals surface area contributed by atoms with Gasteiger partial charge in [0.05, 0.1) is 13.5 Å². The Morgan fingerprint density at radius 3 is 2.62 bits per heavy atom. The molecule has 0 aliphatic heterocycles. The van der Waals surface area contributed by atoms with Crippen LogP contribution < -0.4 is 20.7 Å². The van der Waals surface area contributed by atoms with E-state index >= 15 is 0 Å². The molecular formula is C13H17N3O5. The van der Waals surface area contributed by atoms with Crippen LogP contribution in [0.4, 0.5) is 10.5 Å². The van der Waals surface area contributed by atoms with Crippen molar-refractivity contribution in [2.45, 2.75) is 12.5 Å². The van der Waals surface area contributed by atoms with Crippen LogP contribution in [0.25, 0.3) is 0 Å². The fraction of sp³-hybridized carbons (Fsp3) is 0.308. The lowest BCUT2D eigenvalue weighted by Crippen LogP contribution is -2.48. The second-order valence-corrected chi connectivity index (χ2v) is 4.27. The van der Waals surface area contributed by atoms with Gasteiger partial charge in [0.25, 0.3) is 0 Å². The number of primary amides is 1. The van der Waals surface area contributed by atoms with Gasteiger partial charge in [-0.05, 0) is 12.1 Å². The minimum atomic E-state index is -1.37. The summed E-state index contributed by atoms with van der Waals surface area (Å²) in [5.41, 5.74) is 5.46. The van der Waals surface area contributed by atoms with Crippen LogP contribution in [0.15, 0.2) is 24.3 Å². The average molecular weight is 295 g/mol. The highest BCUT2D eigenvalue weighted by Gasteiger charge is 2.24. The molecule has 1 aromatic rings. The number of anilines is 1. The van der Waals surface area contributed by atoms with Crippen molar-refractivity contribution < 1.29 is 24.2 Å². The molecule has 1 rings (SSSR count). The third-order valence-electron chi connectivity index (χ3n) is 2.75. The predicted molar refractivity (Wildman–Crippen MR) is 75.2 cm³/mol. The minimum Gasteiger partial charge on any atom is -0.497 e. The van der Waals surface area contributed by atoms with E-state index in [0.717, 1.165) is 0 Å². The Morgan fingerprint density at radius 2 is 2.10 bits per heavy atom. The lowest BCUT2D eigenvalue weighted by atomic mass is 10.2. The Hall–Kier alpha value is -2.77. The smallest absolute Gasteiger partial charge is 0.326 e. The third kappa shape index (κ3) is 4.68. The predicted octanol–water partition coefficient (Wildman–Crippen LogP) is 0.170. The molecule has 0 fully saturated rings. The van der Waals surface area contributed by atoms with Gasteiger partial charge in [-0.3, -0.25) is 9.69 Å². The number of carboxylic acids is 1. The molecular weight excluding hydrogens is 278 g/mol. The molecule has 0 bridgehead atoms. The van der Waals surface area contributed by atoms with Gasteiger partial charge >= 0.3 is 12.0 Å². The van der Waals surface area contributed by atoms with Gasteiger partial charge in [-0.1, -0.05) is 6.07 Å². The first kappa shape index (κ1) is 16.3. The van der Waals surface area contributed by atoms with Crippen LogP contribution in [0.1, 0.15) is 6.42 Å². The molecule has 8 nitrogen and oxygen atoms in total. The number of carbonyl (C=O) groups excluding carboxylic acids is 2. The van der Waals surface area contributed by atoms with Crippen molar-refractivity contribution in [3.63, 3.8) is 0 Å². The summed E-state index contributed by atoms with van der Waals surface area (Å²) < 4.78 is 5.04. The summed E-state index contributed by atoms with van der Waals surface area (Å²) in [5, 5.41) is 11.2. The van der Waals surface area contributed by atoms with Gasteiger partial charge in [0.2, 0.25) is 5.91 Å². The van der Waals surface area contributed by atoms with Crippen molar-refractivity contribution in [2.75, 3.05) is 19.1 Å². The topological polar surface area (TPSA) is 122 Å². The van der Waals surface area contributed by atoms with Crippen molar-refractivity contribution >= 4 is 23.6 Å². The maximum absolute atomic E-state index is 12.0. The first-order valence-electron chi connectivity index (χ1n) is 6.04. The molecule has 4 N–H and O–H groups in total. The Morgan fingerprint density at radius 1 is 1.43 bits per heavy atom. The molecule has 0 saturated heterocycles. The summed E-state index contributed by atoms with van der Waals surface area (Å²) >= 11 is 0. The molecule has 1 atom stereocenters. The van der Waals surface area contributed by atoms with Crippen molar-refractivity contribution in [1.82, 2.24) is 5.32 Å². The Kier molecular flexibility index (Phi) is 5.53. The Balaban J connectivity index is 2.81. The summed E-state index contributed by atoms with van der Waals surface area (Å²) in [6, 6.07) is 4.63. The Labute approximate surface area is 121 Å². The molecule has 8 heteroatoms. The Bertz CT molecular complexity index is 546. The molecule has 0 saturated carbocycles. The second kappa shape index (κ2) is 7.13. The van der Waals surface area contributed by atoms with E-state index in [1.807, 2.05) is 0 Å². The molecule has 0 aromatic heterocycles. The SMILES string of the molecule is COc1cccc(N(C)C(=O)N[C@H](CC(N)=O)C(=O)O)c1. The van der Waals surface area contributed by atoms with E-state index in [2.05, 4.69) is 5.32 Å². The van der Waals surface area contributed by atoms with E-state index in [0.29, 0.717) is 11.4 Å². The number of carboxylic acid groups (broad SMARTS) is 1. The van der Waals surface area contributed by atoms with E-state index < -0.39 is 30.4 Å². The first-order chi connectivity index (χ1) is 9.85. The lowest BCUT2D eigenvalue weighted by molar-refractivity contribution is -0.140. The van der Waals surface area contributed by atoms with E-state index in [9.17, 15) is 14.4 Å². The van der Waals surface area contributed by atoms with Crippen molar-refractivity contribution in [2.24, 2.45) is 5.73 Å². The number of nitrogens with two attached hydrogens (primary N) is 1. The standard InChI is InChI=1S/C13H17N3O5/c1-16(8-4-3-5-9(6-8)21-2)13(20)15-10(12(18)19)7-11(14)17/h3-6,10H,7H2,1-2H3,(H2,14,17)(H,15,20)(H,18,19)/t10-/m1/s1. The van der Waals surface area contributed by atoms with Gasteiger partial charge in [-0.15, -0.1) is 0 Å². The van der Waals surface area contributed by atoms with Crippen LogP contribution in [-0.4, -0.2) is 43.2 Å². The van der Waals surface area contributed by atoms with Crippen molar-refractivity contribution in [3.8, 4) is 5.75 Å². The normalized spacial score (nSPS) is 11.3. The van der Waals surface area contributed by atoms with Gasteiger partial charge in [0.15, 0.2) is 0 Å². The van der Waals surface area contributed by atoms with E-state index in [1.54, 1.807) is 24.3 Å². The zero-order valence-corrected chi connectivity index (χ0v) is 11.7. The number of nitrogens with one attached hydrogen (secondary N) is 1. The highest BCUT2D eigenvalue weighted by Crippen LogP contribution is 2.19. The highest BCUT2D eigenvalue weighted by molar-refractivity contribution is 5.95. The number of methoxy groups -OCH3 is 1. The molecule has 0 aliphatic carbocycles. The van der Waals surface area contributed by atoms with Crippen LogP contribution in [0.5, 0.6) is 5.75 Å². The summed E-state index contributed by atoms with van der Waals surface area (Å²) in [6.45, 7) is 0. The maximum Gasteiger partial charge on any atom is 0.326 e. The summed E-state index contributed by atoms with van der Waals surface area (Å²) in [7, 11) is 2.96. The molecule has 1 aromatic carbocycles. The zero-order valence-electron chi connectivity index (χ0n) is 11.7. The lowest BCUT2D eigenvalue weighted by Gasteiger charge is -2.21. The number of hydrogen-bond donors (Lipinski definition) is 3. The number of carbonyl (C=O) groups is 3. The first-order valence-corrected chi connectivity index (χ1v) is 6.04. The molecule has 0 heterocycles. The van der Waals surface area contributed by atoms with E-state index in [-0.39, 0.29) is 0 Å². The van der Waals surface area contributed by atoms with E-state index in [1.165, 1.54) is 19.1 Å². The number of nitrogens with zero attached hydrogens (tertiary/aromatic N) is 1. The van der Waals surface area contributed by atoms with Crippen LogP contribution in [0.3, 0.4) is 0 Å². The fourth-order valence-corrected chi connectivity index (χ4v) is 1.58. The van der Waals surface area contributed by atoms with E-state index in [4.69, 9.17) is 15.6 Å². The zero-order chi connectivity index (χ0) is 16.0. The van der Waals surface area contributed by atoms with Gasteiger partial charge in [0, 0.05) is 18.8 Å². The van der Waals surface area contributed by atoms with Crippen LogP contribution in [0, 0.1) is 0 Å². The third-order valence-corrected chi connectivity index (χ3v) is 2.75. The number of rotatable bonds is 6. The average Bonchev–Trinajstić information content (AvgIpc) is 2.45. The number of urea groups is 1. The summed E-state index contributed by atoms with van der Waals surface area (Å²) in [6.07, 6.45) is -0.479. The van der Waals surface area contributed by atoms with Crippen molar-refractivity contribution in [1.29, 1.82) is 0 Å². The molecule has 0 unspecified atom stereocenters. The fourth-order valence-electron chi connectivity index (χ4n) is 1.58. The van der Waals surface area contributed by atoms with Crippen LogP contribution in [0.2, 0.25) is 0 Å². The van der Waals surface area contributed by atoms with Gasteiger partial charge in [-0.2, -0.15) is 0 Å². The van der Waals surface area contributed by atoms with Gasteiger partial charge in [0.1, 0.15) is 11.8 Å². The molecule has 0 aliphatic rings. The number of hydrogen-bond acceptors (Lipinski definition) is 4. The highest BCUT2D eigenvalue weighted by atomic mass is 16.5. The van der Waals surface area contributed by atoms with Crippen LogP contribution in [-0.2, 0) is 9.59 Å². The largest absolute Gasteiger partial charge is 0.497 e. The summed E-state index contributed by atoms with van der Waals surface area (Å²) in [5.74, 6) is -1.59. The molecule has 21 heavy (non-hydrogen) atoms. The number of aliphatic carboxylic acids is 1. The number of amides is 3. The van der Waals surface area contributed by atoms with Crippen LogP contribution >= 0.6 is 0 Å². The monoisotopic (exact) mass is 295 g/mol. The molecule has 114 valence electrons. The maximum atomic E-state index is 12.0. The molecule has 0 radical (unpaired) electrons. The quantitative estimate of drug-likeness (QED) is 0.690. The minimum absolute atomic E-state index is 0.479. The number of benzene rings is 1. The summed E-state index contributed by atoms with van der Waals surface area (Å²) in [4.78, 5) is 35.0. The second-order valence-electron chi connectivity index (χ2n) is 4.27. The van der Waals surface area contributed by atoms with Gasteiger partial charge < -0.3 is 20.9 Å².